The molecule has 0 bridgehead atoms. The molecule has 0 radical (unpaired) electrons. The molecule has 3 aromatic rings. The van der Waals surface area contributed by atoms with Gasteiger partial charge in [-0.2, -0.15) is 5.10 Å². The molecule has 3 rings (SSSR count). The van der Waals surface area contributed by atoms with Crippen molar-refractivity contribution in [3.05, 3.63) is 58.6 Å². The van der Waals surface area contributed by atoms with Crippen LogP contribution in [0.3, 0.4) is 0 Å². The lowest BCUT2D eigenvalue weighted by Gasteiger charge is -2.04. The first-order valence-electron chi connectivity index (χ1n) is 5.65. The predicted molar refractivity (Wildman–Crippen MR) is 71.1 cm³/mol. The molecule has 0 aliphatic carbocycles. The number of anilines is 1. The minimum atomic E-state index is -0.444. The molecule has 6 heteroatoms. The highest BCUT2D eigenvalue weighted by Gasteiger charge is 2.10. The predicted octanol–water partition coefficient (Wildman–Crippen LogP) is 1.50. The quantitative estimate of drug-likeness (QED) is 0.647. The number of benzene rings is 1. The molecule has 1 aromatic carbocycles. The Morgan fingerprint density at radius 1 is 1.26 bits per heavy atom. The van der Waals surface area contributed by atoms with Crippen molar-refractivity contribution in [2.24, 2.45) is 0 Å². The summed E-state index contributed by atoms with van der Waals surface area (Å²) in [6, 6.07) is 6.67. The molecule has 0 aliphatic rings. The number of fused-ring (bicyclic) bond motifs is 1. The van der Waals surface area contributed by atoms with Crippen molar-refractivity contribution in [3.63, 3.8) is 0 Å². The van der Waals surface area contributed by atoms with Crippen molar-refractivity contribution in [1.82, 2.24) is 15.2 Å². The summed E-state index contributed by atoms with van der Waals surface area (Å²) in [7, 11) is 0. The van der Waals surface area contributed by atoms with E-state index in [1.807, 2.05) is 6.07 Å². The van der Waals surface area contributed by atoms with E-state index in [9.17, 15) is 9.59 Å². The number of carbonyl (C=O) groups excluding carboxylic acids is 1. The smallest absolute Gasteiger partial charge is 0.261 e. The molecule has 0 atom stereocenters. The third kappa shape index (κ3) is 2.11. The zero-order valence-corrected chi connectivity index (χ0v) is 9.81. The number of nitrogens with zero attached hydrogens (tertiary/aromatic N) is 1. The summed E-state index contributed by atoms with van der Waals surface area (Å²) in [6.45, 7) is 0. The molecule has 0 aliphatic heterocycles. The van der Waals surface area contributed by atoms with Gasteiger partial charge in [-0.1, -0.05) is 0 Å². The standard InChI is InChI=1S/C13H10N4O2/c18-12-3-4-14-7-10(12)13(19)16-9-2-1-8-6-15-17-11(8)5-9/h1-7H,(H,14,18)(H,15,17)(H,16,19). The lowest BCUT2D eigenvalue weighted by molar-refractivity contribution is 0.102. The summed E-state index contributed by atoms with van der Waals surface area (Å²) in [5.41, 5.74) is 1.18. The maximum atomic E-state index is 12.0. The third-order valence-electron chi connectivity index (χ3n) is 2.77. The second kappa shape index (κ2) is 4.41. The van der Waals surface area contributed by atoms with Gasteiger partial charge in [0.2, 0.25) is 0 Å². The van der Waals surface area contributed by atoms with Gasteiger partial charge in [-0.05, 0) is 18.2 Å². The summed E-state index contributed by atoms with van der Waals surface area (Å²) in [4.78, 5) is 26.2. The Morgan fingerprint density at radius 2 is 2.16 bits per heavy atom. The lowest BCUT2D eigenvalue weighted by atomic mass is 10.2. The van der Waals surface area contributed by atoms with Crippen molar-refractivity contribution < 1.29 is 4.79 Å². The van der Waals surface area contributed by atoms with Crippen molar-refractivity contribution in [2.75, 3.05) is 5.32 Å². The van der Waals surface area contributed by atoms with Crippen LogP contribution in [0.5, 0.6) is 0 Å². The van der Waals surface area contributed by atoms with E-state index in [0.29, 0.717) is 5.69 Å². The molecule has 0 fully saturated rings. The molecule has 0 saturated carbocycles. The van der Waals surface area contributed by atoms with Crippen LogP contribution >= 0.6 is 0 Å². The number of pyridine rings is 1. The van der Waals surface area contributed by atoms with Crippen LogP contribution in [0.15, 0.2) is 47.7 Å². The van der Waals surface area contributed by atoms with E-state index in [-0.39, 0.29) is 11.0 Å². The van der Waals surface area contributed by atoms with Crippen LogP contribution in [-0.4, -0.2) is 21.1 Å². The van der Waals surface area contributed by atoms with Crippen LogP contribution in [0.4, 0.5) is 5.69 Å². The number of amides is 1. The molecule has 6 nitrogen and oxygen atoms in total. The maximum Gasteiger partial charge on any atom is 0.261 e. The second-order valence-electron chi connectivity index (χ2n) is 4.05. The Morgan fingerprint density at radius 3 is 3.00 bits per heavy atom. The highest BCUT2D eigenvalue weighted by Crippen LogP contribution is 2.16. The Kier molecular flexibility index (Phi) is 2.60. The van der Waals surface area contributed by atoms with Gasteiger partial charge in [-0.15, -0.1) is 0 Å². The van der Waals surface area contributed by atoms with E-state index in [1.165, 1.54) is 18.5 Å². The molecule has 2 aromatic heterocycles. The molecule has 1 amide bonds. The van der Waals surface area contributed by atoms with Crippen LogP contribution < -0.4 is 10.7 Å². The molecule has 3 N–H and O–H groups in total. The van der Waals surface area contributed by atoms with Crippen molar-refractivity contribution in [2.45, 2.75) is 0 Å². The highest BCUT2D eigenvalue weighted by atomic mass is 16.2. The topological polar surface area (TPSA) is 90.6 Å². The fourth-order valence-electron chi connectivity index (χ4n) is 1.81. The molecular weight excluding hydrogens is 244 g/mol. The number of carbonyl (C=O) groups is 1. The second-order valence-corrected chi connectivity index (χ2v) is 4.05. The van der Waals surface area contributed by atoms with Crippen LogP contribution in [0.25, 0.3) is 10.9 Å². The van der Waals surface area contributed by atoms with Gasteiger partial charge in [0.25, 0.3) is 5.91 Å². The molecule has 0 saturated heterocycles. The van der Waals surface area contributed by atoms with E-state index >= 15 is 0 Å². The SMILES string of the molecule is O=C(Nc1ccc2cn[nH]c2c1)c1c[nH]ccc1=O. The number of nitrogens with one attached hydrogen (secondary N) is 3. The lowest BCUT2D eigenvalue weighted by Crippen LogP contribution is -2.20. The summed E-state index contributed by atoms with van der Waals surface area (Å²) >= 11 is 0. The third-order valence-corrected chi connectivity index (χ3v) is 2.77. The van der Waals surface area contributed by atoms with E-state index in [0.717, 1.165) is 10.9 Å². The molecule has 2 heterocycles. The van der Waals surface area contributed by atoms with Gasteiger partial charge in [-0.3, -0.25) is 14.7 Å². The minimum absolute atomic E-state index is 0.0761. The summed E-state index contributed by atoms with van der Waals surface area (Å²) in [5.74, 6) is -0.444. The molecular formula is C13H10N4O2. The molecule has 0 unspecified atom stereocenters. The number of aromatic nitrogens is 3. The van der Waals surface area contributed by atoms with Gasteiger partial charge < -0.3 is 10.3 Å². The Bertz CT molecular complexity index is 803. The van der Waals surface area contributed by atoms with Crippen LogP contribution in [-0.2, 0) is 0 Å². The average Bonchev–Trinajstić information content (AvgIpc) is 2.86. The Hall–Kier alpha value is -2.89. The first-order chi connectivity index (χ1) is 9.24. The number of hydrogen-bond acceptors (Lipinski definition) is 3. The molecule has 94 valence electrons. The summed E-state index contributed by atoms with van der Waals surface area (Å²) in [5, 5.41) is 10.3. The van der Waals surface area contributed by atoms with E-state index in [2.05, 4.69) is 20.5 Å². The van der Waals surface area contributed by atoms with Crippen molar-refractivity contribution in [3.8, 4) is 0 Å². The van der Waals surface area contributed by atoms with Gasteiger partial charge in [0, 0.05) is 29.5 Å². The average molecular weight is 254 g/mol. The molecule has 0 spiro atoms. The van der Waals surface area contributed by atoms with Gasteiger partial charge in [-0.25, -0.2) is 0 Å². The van der Waals surface area contributed by atoms with Gasteiger partial charge >= 0.3 is 0 Å². The van der Waals surface area contributed by atoms with E-state index in [4.69, 9.17) is 0 Å². The minimum Gasteiger partial charge on any atom is -0.367 e. The van der Waals surface area contributed by atoms with Crippen LogP contribution in [0.1, 0.15) is 10.4 Å². The first-order valence-corrected chi connectivity index (χ1v) is 5.65. The first kappa shape index (κ1) is 11.2. The van der Waals surface area contributed by atoms with Crippen molar-refractivity contribution in [1.29, 1.82) is 0 Å². The summed E-state index contributed by atoms with van der Waals surface area (Å²) < 4.78 is 0. The number of H-pyrrole nitrogens is 2. The Balaban J connectivity index is 1.90. The number of hydrogen-bond donors (Lipinski definition) is 3. The fraction of sp³-hybridized carbons (Fsp3) is 0. The number of rotatable bonds is 2. The number of aromatic amines is 2. The molecule has 19 heavy (non-hydrogen) atoms. The summed E-state index contributed by atoms with van der Waals surface area (Å²) in [6.07, 6.45) is 4.56. The van der Waals surface area contributed by atoms with Gasteiger partial charge in [0.1, 0.15) is 5.56 Å². The van der Waals surface area contributed by atoms with Crippen LogP contribution in [0.2, 0.25) is 0 Å². The Labute approximate surface area is 107 Å². The maximum absolute atomic E-state index is 12.0. The largest absolute Gasteiger partial charge is 0.367 e. The van der Waals surface area contributed by atoms with E-state index in [1.54, 1.807) is 18.3 Å². The monoisotopic (exact) mass is 254 g/mol. The fourth-order valence-corrected chi connectivity index (χ4v) is 1.81. The normalized spacial score (nSPS) is 10.5. The van der Waals surface area contributed by atoms with Gasteiger partial charge in [0.05, 0.1) is 11.7 Å². The zero-order valence-electron chi connectivity index (χ0n) is 9.81. The van der Waals surface area contributed by atoms with Crippen LogP contribution in [0, 0.1) is 0 Å². The highest BCUT2D eigenvalue weighted by molar-refractivity contribution is 6.04. The van der Waals surface area contributed by atoms with E-state index < -0.39 is 5.91 Å². The zero-order chi connectivity index (χ0) is 13.2. The van der Waals surface area contributed by atoms with Crippen molar-refractivity contribution >= 4 is 22.5 Å². The van der Waals surface area contributed by atoms with Gasteiger partial charge in [0.15, 0.2) is 5.43 Å².